The van der Waals surface area contributed by atoms with Gasteiger partial charge in [-0.2, -0.15) is 5.26 Å². The number of hydrogen-bond donors (Lipinski definition) is 1. The van der Waals surface area contributed by atoms with Crippen molar-refractivity contribution in [3.05, 3.63) is 46.3 Å². The SMILES string of the molecule is COc1ccc(C)cc1C(=O)O[C@@H](C)C(=O)Nc1sccc1C#N. The van der Waals surface area contributed by atoms with Gasteiger partial charge >= 0.3 is 5.97 Å². The fourth-order valence-electron chi connectivity index (χ4n) is 1.97. The average Bonchev–Trinajstić information content (AvgIpc) is 3.01. The zero-order valence-corrected chi connectivity index (χ0v) is 14.3. The summed E-state index contributed by atoms with van der Waals surface area (Å²) in [5.41, 5.74) is 1.50. The molecule has 1 atom stereocenters. The fraction of sp³-hybridized carbons (Fsp3) is 0.235. The molecule has 0 saturated heterocycles. The molecule has 124 valence electrons. The molecule has 0 radical (unpaired) electrons. The number of ether oxygens (including phenoxy) is 2. The van der Waals surface area contributed by atoms with Gasteiger partial charge in [0.25, 0.3) is 5.91 Å². The van der Waals surface area contributed by atoms with Crippen molar-refractivity contribution in [3.63, 3.8) is 0 Å². The number of carbonyl (C=O) groups is 2. The van der Waals surface area contributed by atoms with E-state index in [0.29, 0.717) is 16.3 Å². The van der Waals surface area contributed by atoms with E-state index in [9.17, 15) is 9.59 Å². The Morgan fingerprint density at radius 3 is 2.75 bits per heavy atom. The predicted octanol–water partition coefficient (Wildman–Crippen LogP) is 3.12. The van der Waals surface area contributed by atoms with Crippen LogP contribution in [0.3, 0.4) is 0 Å². The summed E-state index contributed by atoms with van der Waals surface area (Å²) in [5, 5.41) is 13.7. The van der Waals surface area contributed by atoms with Crippen LogP contribution in [0.15, 0.2) is 29.6 Å². The number of hydrogen-bond acceptors (Lipinski definition) is 6. The zero-order valence-electron chi connectivity index (χ0n) is 13.5. The summed E-state index contributed by atoms with van der Waals surface area (Å²) in [5.74, 6) is -0.776. The molecule has 0 bridgehead atoms. The normalized spacial score (nSPS) is 11.2. The standard InChI is InChI=1S/C17H16N2O4S/c1-10-4-5-14(22-3)13(8-10)17(21)23-11(2)15(20)19-16-12(9-18)6-7-24-16/h4-8,11H,1-3H3,(H,19,20)/t11-/m0/s1. The Bertz CT molecular complexity index is 807. The van der Waals surface area contributed by atoms with Crippen LogP contribution in [0.2, 0.25) is 0 Å². The second-order valence-electron chi connectivity index (χ2n) is 5.02. The quantitative estimate of drug-likeness (QED) is 0.842. The molecule has 1 aromatic carbocycles. The summed E-state index contributed by atoms with van der Waals surface area (Å²) in [7, 11) is 1.46. The van der Waals surface area contributed by atoms with E-state index in [1.54, 1.807) is 23.6 Å². The Hall–Kier alpha value is -2.85. The van der Waals surface area contributed by atoms with Crippen molar-refractivity contribution in [3.8, 4) is 11.8 Å². The number of nitrogens with one attached hydrogen (secondary N) is 1. The number of thiophene rings is 1. The van der Waals surface area contributed by atoms with Crippen LogP contribution in [0.4, 0.5) is 5.00 Å². The molecule has 1 amide bonds. The van der Waals surface area contributed by atoms with Crippen molar-refractivity contribution in [2.24, 2.45) is 0 Å². The number of benzene rings is 1. The van der Waals surface area contributed by atoms with Gasteiger partial charge in [0, 0.05) is 0 Å². The van der Waals surface area contributed by atoms with Crippen LogP contribution < -0.4 is 10.1 Å². The highest BCUT2D eigenvalue weighted by molar-refractivity contribution is 7.14. The molecule has 24 heavy (non-hydrogen) atoms. The highest BCUT2D eigenvalue weighted by Gasteiger charge is 2.22. The van der Waals surface area contributed by atoms with Crippen LogP contribution in [0.1, 0.15) is 28.4 Å². The topological polar surface area (TPSA) is 88.4 Å². The minimum atomic E-state index is -1.02. The second kappa shape index (κ2) is 7.62. The Morgan fingerprint density at radius 2 is 2.08 bits per heavy atom. The van der Waals surface area contributed by atoms with E-state index in [4.69, 9.17) is 14.7 Å². The lowest BCUT2D eigenvalue weighted by atomic mass is 10.1. The van der Waals surface area contributed by atoms with Gasteiger partial charge in [-0.1, -0.05) is 11.6 Å². The van der Waals surface area contributed by atoms with Crippen LogP contribution in [0.5, 0.6) is 5.75 Å². The third kappa shape index (κ3) is 3.91. The minimum absolute atomic E-state index is 0.256. The van der Waals surface area contributed by atoms with Gasteiger partial charge in [-0.15, -0.1) is 11.3 Å². The maximum Gasteiger partial charge on any atom is 0.342 e. The number of nitriles is 1. The molecular formula is C17H16N2O4S. The van der Waals surface area contributed by atoms with E-state index in [-0.39, 0.29) is 5.56 Å². The smallest absolute Gasteiger partial charge is 0.342 e. The van der Waals surface area contributed by atoms with Crippen LogP contribution in [-0.2, 0) is 9.53 Å². The van der Waals surface area contributed by atoms with Crippen molar-refractivity contribution in [1.29, 1.82) is 5.26 Å². The van der Waals surface area contributed by atoms with Crippen LogP contribution in [0.25, 0.3) is 0 Å². The van der Waals surface area contributed by atoms with Crippen LogP contribution in [0, 0.1) is 18.3 Å². The van der Waals surface area contributed by atoms with Crippen LogP contribution >= 0.6 is 11.3 Å². The molecule has 1 heterocycles. The number of anilines is 1. The summed E-state index contributed by atoms with van der Waals surface area (Å²) < 4.78 is 10.4. The molecule has 0 spiro atoms. The van der Waals surface area contributed by atoms with E-state index in [1.165, 1.54) is 25.4 Å². The number of methoxy groups -OCH3 is 1. The van der Waals surface area contributed by atoms with E-state index < -0.39 is 18.0 Å². The Morgan fingerprint density at radius 1 is 1.33 bits per heavy atom. The lowest BCUT2D eigenvalue weighted by Gasteiger charge is -2.14. The molecule has 0 aliphatic rings. The minimum Gasteiger partial charge on any atom is -0.496 e. The maximum atomic E-state index is 12.3. The number of rotatable bonds is 5. The first kappa shape index (κ1) is 17.5. The second-order valence-corrected chi connectivity index (χ2v) is 5.93. The molecule has 0 aliphatic carbocycles. The molecule has 0 saturated carbocycles. The average molecular weight is 344 g/mol. The molecular weight excluding hydrogens is 328 g/mol. The third-order valence-corrected chi connectivity index (χ3v) is 4.08. The van der Waals surface area contributed by atoms with E-state index in [2.05, 4.69) is 5.32 Å². The molecule has 1 N–H and O–H groups in total. The lowest BCUT2D eigenvalue weighted by Crippen LogP contribution is -2.30. The predicted molar refractivity (Wildman–Crippen MR) is 90.3 cm³/mol. The third-order valence-electron chi connectivity index (χ3n) is 3.25. The van der Waals surface area contributed by atoms with Gasteiger partial charge < -0.3 is 14.8 Å². The lowest BCUT2D eigenvalue weighted by molar-refractivity contribution is -0.123. The van der Waals surface area contributed by atoms with Gasteiger partial charge in [-0.3, -0.25) is 4.79 Å². The fourth-order valence-corrected chi connectivity index (χ4v) is 2.71. The summed E-state index contributed by atoms with van der Waals surface area (Å²) in [6, 6.07) is 8.70. The van der Waals surface area contributed by atoms with E-state index >= 15 is 0 Å². The van der Waals surface area contributed by atoms with E-state index in [0.717, 1.165) is 5.56 Å². The summed E-state index contributed by atoms with van der Waals surface area (Å²) >= 11 is 1.23. The largest absolute Gasteiger partial charge is 0.496 e. The van der Waals surface area contributed by atoms with Gasteiger partial charge in [-0.25, -0.2) is 4.79 Å². The highest BCUT2D eigenvalue weighted by atomic mass is 32.1. The summed E-state index contributed by atoms with van der Waals surface area (Å²) in [6.45, 7) is 3.31. The first-order valence-electron chi connectivity index (χ1n) is 7.10. The molecule has 6 nitrogen and oxygen atoms in total. The zero-order chi connectivity index (χ0) is 17.7. The molecule has 1 aromatic heterocycles. The molecule has 2 aromatic rings. The van der Waals surface area contributed by atoms with Crippen molar-refractivity contribution in [1.82, 2.24) is 0 Å². The van der Waals surface area contributed by atoms with Crippen molar-refractivity contribution in [2.75, 3.05) is 12.4 Å². The van der Waals surface area contributed by atoms with Gasteiger partial charge in [0.15, 0.2) is 6.10 Å². The molecule has 0 unspecified atom stereocenters. The van der Waals surface area contributed by atoms with Crippen molar-refractivity contribution >= 4 is 28.2 Å². The Balaban J connectivity index is 2.07. The molecule has 7 heteroatoms. The molecule has 0 fully saturated rings. The maximum absolute atomic E-state index is 12.3. The number of esters is 1. The highest BCUT2D eigenvalue weighted by Crippen LogP contribution is 2.23. The number of nitrogens with zero attached hydrogens (tertiary/aromatic N) is 1. The van der Waals surface area contributed by atoms with Gasteiger partial charge in [0.1, 0.15) is 22.4 Å². The number of carbonyl (C=O) groups excluding carboxylic acids is 2. The van der Waals surface area contributed by atoms with Crippen molar-refractivity contribution < 1.29 is 19.1 Å². The van der Waals surface area contributed by atoms with Crippen molar-refractivity contribution in [2.45, 2.75) is 20.0 Å². The van der Waals surface area contributed by atoms with E-state index in [1.807, 2.05) is 19.1 Å². The first-order chi connectivity index (χ1) is 11.5. The summed E-state index contributed by atoms with van der Waals surface area (Å²) in [6.07, 6.45) is -1.02. The Kier molecular flexibility index (Phi) is 5.55. The molecule has 0 aliphatic heterocycles. The van der Waals surface area contributed by atoms with Crippen LogP contribution in [-0.4, -0.2) is 25.1 Å². The first-order valence-corrected chi connectivity index (χ1v) is 7.98. The van der Waals surface area contributed by atoms with Gasteiger partial charge in [0.05, 0.1) is 12.7 Å². The van der Waals surface area contributed by atoms with Gasteiger partial charge in [0.2, 0.25) is 0 Å². The number of aryl methyl sites for hydroxylation is 1. The molecule has 2 rings (SSSR count). The number of amides is 1. The monoisotopic (exact) mass is 344 g/mol. The Labute approximate surface area is 143 Å². The summed E-state index contributed by atoms with van der Waals surface area (Å²) in [4.78, 5) is 24.4. The van der Waals surface area contributed by atoms with Gasteiger partial charge in [-0.05, 0) is 37.4 Å².